The van der Waals surface area contributed by atoms with E-state index in [0.717, 1.165) is 42.6 Å². The molecule has 0 bridgehead atoms. The molecule has 1 atom stereocenters. The third-order valence-electron chi connectivity index (χ3n) is 7.50. The van der Waals surface area contributed by atoms with Crippen LogP contribution in [0.2, 0.25) is 10.0 Å². The molecule has 0 radical (unpaired) electrons. The molecule has 0 spiro atoms. The van der Waals surface area contributed by atoms with Crippen molar-refractivity contribution in [3.63, 3.8) is 0 Å². The van der Waals surface area contributed by atoms with Gasteiger partial charge in [0.25, 0.3) is 5.91 Å². The average Bonchev–Trinajstić information content (AvgIpc) is 3.47. The second kappa shape index (κ2) is 13.1. The zero-order chi connectivity index (χ0) is 28.4. The number of benzene rings is 3. The van der Waals surface area contributed by atoms with Crippen LogP contribution in [0.25, 0.3) is 11.1 Å². The van der Waals surface area contributed by atoms with Crippen LogP contribution in [-0.4, -0.2) is 67.4 Å². The number of amides is 3. The Morgan fingerprint density at radius 1 is 1.00 bits per heavy atom. The largest absolute Gasteiger partial charge is 0.482 e. The van der Waals surface area contributed by atoms with Crippen molar-refractivity contribution < 1.29 is 19.1 Å². The lowest BCUT2D eigenvalue weighted by Gasteiger charge is -2.35. The van der Waals surface area contributed by atoms with Gasteiger partial charge in [0, 0.05) is 25.2 Å². The normalized spacial score (nSPS) is 15.5. The molecule has 0 aliphatic carbocycles. The highest BCUT2D eigenvalue weighted by Crippen LogP contribution is 2.39. The molecule has 1 unspecified atom stereocenters. The van der Waals surface area contributed by atoms with Gasteiger partial charge in [-0.05, 0) is 60.8 Å². The third kappa shape index (κ3) is 6.79. The minimum absolute atomic E-state index is 0. The molecule has 1 fully saturated rings. The quantitative estimate of drug-likeness (QED) is 0.375. The summed E-state index contributed by atoms with van der Waals surface area (Å²) in [7, 11) is 1.77. The Kier molecular flexibility index (Phi) is 9.81. The van der Waals surface area contributed by atoms with Crippen LogP contribution < -0.4 is 15.4 Å². The van der Waals surface area contributed by atoms with Crippen LogP contribution in [0.5, 0.6) is 5.75 Å². The Morgan fingerprint density at radius 2 is 1.68 bits per heavy atom. The maximum absolute atomic E-state index is 13.7. The van der Waals surface area contributed by atoms with E-state index in [1.165, 1.54) is 4.90 Å². The van der Waals surface area contributed by atoms with E-state index in [0.29, 0.717) is 28.6 Å². The minimum atomic E-state index is -0.476. The van der Waals surface area contributed by atoms with Crippen molar-refractivity contribution in [2.75, 3.05) is 44.7 Å². The summed E-state index contributed by atoms with van der Waals surface area (Å²) in [6.45, 7) is 2.29. The molecule has 5 rings (SSSR count). The predicted molar refractivity (Wildman–Crippen MR) is 163 cm³/mol. The first kappa shape index (κ1) is 30.7. The van der Waals surface area contributed by atoms with Crippen LogP contribution in [0, 0.1) is 0 Å². The number of fused-ring (bicyclic) bond motifs is 1. The van der Waals surface area contributed by atoms with Gasteiger partial charge >= 0.3 is 0 Å². The Morgan fingerprint density at radius 3 is 2.37 bits per heavy atom. The summed E-state index contributed by atoms with van der Waals surface area (Å²) >= 11 is 12.3. The van der Waals surface area contributed by atoms with Crippen molar-refractivity contribution in [3.8, 4) is 16.9 Å². The van der Waals surface area contributed by atoms with Crippen LogP contribution in [0.15, 0.2) is 60.7 Å². The van der Waals surface area contributed by atoms with E-state index in [2.05, 4.69) is 4.90 Å². The molecule has 8 nitrogen and oxygen atoms in total. The Labute approximate surface area is 255 Å². The van der Waals surface area contributed by atoms with Gasteiger partial charge in [-0.25, -0.2) is 0 Å². The molecule has 41 heavy (non-hydrogen) atoms. The maximum atomic E-state index is 13.7. The molecule has 2 aliphatic rings. The summed E-state index contributed by atoms with van der Waals surface area (Å²) in [5, 5.41) is 0.589. The highest BCUT2D eigenvalue weighted by atomic mass is 35.5. The van der Waals surface area contributed by atoms with Gasteiger partial charge in [0.2, 0.25) is 11.8 Å². The molecule has 2 heterocycles. The SMILES string of the molecule is CN(C(=O)CN1C(=O)COc2cc(Cl)c(Cl)cc21)C(CN1CCCC1)c1ccc(-c2cccc(C(N)=O)c2)cc1.Cl. The van der Waals surface area contributed by atoms with Crippen molar-refractivity contribution in [2.24, 2.45) is 5.73 Å². The average molecular weight is 618 g/mol. The number of likely N-dealkylation sites (tertiary alicyclic amines) is 1. The number of nitrogens with two attached hydrogens (primary N) is 1. The van der Waals surface area contributed by atoms with Gasteiger partial charge in [-0.1, -0.05) is 59.6 Å². The standard InChI is InChI=1S/C30H30Cl2N4O4.ClH/c1-34(28(37)17-36-25-14-23(31)24(32)15-27(25)40-18-29(36)38)26(16-35-11-2-3-12-35)20-9-7-19(8-10-20)21-5-4-6-22(13-21)30(33)39;/h4-10,13-15,26H,2-3,11-12,16-18H2,1H3,(H2,33,39);1H. The summed E-state index contributed by atoms with van der Waals surface area (Å²) in [6, 6.07) is 18.0. The highest BCUT2D eigenvalue weighted by Gasteiger charge is 2.32. The van der Waals surface area contributed by atoms with Crippen molar-refractivity contribution in [2.45, 2.75) is 18.9 Å². The molecule has 3 aromatic rings. The fourth-order valence-electron chi connectivity index (χ4n) is 5.20. The van der Waals surface area contributed by atoms with E-state index in [9.17, 15) is 14.4 Å². The van der Waals surface area contributed by atoms with Crippen LogP contribution >= 0.6 is 35.6 Å². The Hall–Kier alpha value is -3.30. The highest BCUT2D eigenvalue weighted by molar-refractivity contribution is 6.42. The van der Waals surface area contributed by atoms with Crippen LogP contribution in [0.4, 0.5) is 5.69 Å². The van der Waals surface area contributed by atoms with Gasteiger partial charge in [0.1, 0.15) is 12.3 Å². The molecule has 2 aliphatic heterocycles. The molecule has 3 aromatic carbocycles. The molecule has 0 aromatic heterocycles. The number of carbonyl (C=O) groups excluding carboxylic acids is 3. The molecular weight excluding hydrogens is 587 g/mol. The van der Waals surface area contributed by atoms with Crippen LogP contribution in [0.1, 0.15) is 34.8 Å². The number of ether oxygens (including phenoxy) is 1. The molecular formula is C30H31Cl3N4O4. The number of likely N-dealkylation sites (N-methyl/N-ethyl adjacent to an activating group) is 1. The van der Waals surface area contributed by atoms with Crippen molar-refractivity contribution >= 4 is 59.0 Å². The number of rotatable bonds is 8. The first-order valence-electron chi connectivity index (χ1n) is 13.1. The molecule has 216 valence electrons. The van der Waals surface area contributed by atoms with Gasteiger partial charge in [-0.3, -0.25) is 19.3 Å². The van der Waals surface area contributed by atoms with Crippen molar-refractivity contribution in [1.82, 2.24) is 9.80 Å². The lowest BCUT2D eigenvalue weighted by Crippen LogP contribution is -2.47. The van der Waals surface area contributed by atoms with E-state index in [1.54, 1.807) is 42.3 Å². The molecule has 3 amide bonds. The van der Waals surface area contributed by atoms with Crippen molar-refractivity contribution in [3.05, 3.63) is 81.8 Å². The number of hydrogen-bond acceptors (Lipinski definition) is 5. The first-order chi connectivity index (χ1) is 19.2. The van der Waals surface area contributed by atoms with Gasteiger partial charge < -0.3 is 20.3 Å². The second-order valence-electron chi connectivity index (χ2n) is 10.1. The number of nitrogens with zero attached hydrogens (tertiary/aromatic N) is 3. The van der Waals surface area contributed by atoms with Gasteiger partial charge in [-0.2, -0.15) is 0 Å². The molecule has 2 N–H and O–H groups in total. The van der Waals surface area contributed by atoms with Crippen molar-refractivity contribution in [1.29, 1.82) is 0 Å². The zero-order valence-corrected chi connectivity index (χ0v) is 24.8. The minimum Gasteiger partial charge on any atom is -0.482 e. The summed E-state index contributed by atoms with van der Waals surface area (Å²) in [5.41, 5.74) is 9.11. The maximum Gasteiger partial charge on any atom is 0.265 e. The summed E-state index contributed by atoms with van der Waals surface area (Å²) in [6.07, 6.45) is 2.25. The van der Waals surface area contributed by atoms with Gasteiger partial charge in [-0.15, -0.1) is 12.4 Å². The monoisotopic (exact) mass is 616 g/mol. The smallest absolute Gasteiger partial charge is 0.265 e. The van der Waals surface area contributed by atoms with Gasteiger partial charge in [0.05, 0.1) is 21.8 Å². The van der Waals surface area contributed by atoms with E-state index in [4.69, 9.17) is 33.7 Å². The number of halogens is 3. The van der Waals surface area contributed by atoms with E-state index in [-0.39, 0.29) is 48.4 Å². The molecule has 1 saturated heterocycles. The lowest BCUT2D eigenvalue weighted by atomic mass is 9.98. The predicted octanol–water partition coefficient (Wildman–Crippen LogP) is 5.20. The summed E-state index contributed by atoms with van der Waals surface area (Å²) in [5.74, 6) is -0.605. The van der Waals surface area contributed by atoms with E-state index < -0.39 is 5.91 Å². The fraction of sp³-hybridized carbons (Fsp3) is 0.300. The number of hydrogen-bond donors (Lipinski definition) is 1. The third-order valence-corrected chi connectivity index (χ3v) is 8.23. The van der Waals surface area contributed by atoms with E-state index in [1.807, 2.05) is 30.3 Å². The molecule has 11 heteroatoms. The van der Waals surface area contributed by atoms with Gasteiger partial charge in [0.15, 0.2) is 6.61 Å². The molecule has 0 saturated carbocycles. The Bertz CT molecular complexity index is 1440. The fourth-order valence-corrected chi connectivity index (χ4v) is 5.51. The summed E-state index contributed by atoms with van der Waals surface area (Å²) in [4.78, 5) is 43.6. The van der Waals surface area contributed by atoms with E-state index >= 15 is 0 Å². The lowest BCUT2D eigenvalue weighted by molar-refractivity contribution is -0.133. The van der Waals surface area contributed by atoms with Crippen LogP contribution in [-0.2, 0) is 9.59 Å². The topological polar surface area (TPSA) is 96.2 Å². The Balaban J connectivity index is 0.00000387. The summed E-state index contributed by atoms with van der Waals surface area (Å²) < 4.78 is 5.53. The number of anilines is 1. The number of primary amides is 1. The van der Waals surface area contributed by atoms with Crippen LogP contribution in [0.3, 0.4) is 0 Å². The first-order valence-corrected chi connectivity index (χ1v) is 13.9. The number of carbonyl (C=O) groups is 3. The second-order valence-corrected chi connectivity index (χ2v) is 10.9. The zero-order valence-electron chi connectivity index (χ0n) is 22.5.